The summed E-state index contributed by atoms with van der Waals surface area (Å²) in [7, 11) is 0. The zero-order chi connectivity index (χ0) is 25.1. The van der Waals surface area contributed by atoms with Crippen LogP contribution in [0.3, 0.4) is 0 Å². The topological polar surface area (TPSA) is 217 Å². The van der Waals surface area contributed by atoms with Gasteiger partial charge in [0.25, 0.3) is 0 Å². The van der Waals surface area contributed by atoms with E-state index in [0.29, 0.717) is 5.69 Å². The van der Waals surface area contributed by atoms with E-state index in [1.807, 2.05) is 35.6 Å². The van der Waals surface area contributed by atoms with Gasteiger partial charge in [0.2, 0.25) is 17.7 Å². The van der Waals surface area contributed by atoms with Gasteiger partial charge in [-0.05, 0) is 12.0 Å². The van der Waals surface area contributed by atoms with Gasteiger partial charge in [0.1, 0.15) is 12.1 Å². The minimum absolute atomic E-state index is 0.0218. The zero-order valence-electron chi connectivity index (χ0n) is 18.1. The van der Waals surface area contributed by atoms with Gasteiger partial charge in [-0.15, -0.1) is 0 Å². The molecule has 0 saturated heterocycles. The Bertz CT molecular complexity index is 996. The van der Waals surface area contributed by atoms with Gasteiger partial charge in [0.05, 0.1) is 25.3 Å². The summed E-state index contributed by atoms with van der Waals surface area (Å²) in [6, 6.07) is 5.38. The lowest BCUT2D eigenvalue weighted by atomic mass is 10.0. The molecule has 3 unspecified atom stereocenters. The number of aliphatic carboxylic acids is 2. The van der Waals surface area contributed by atoms with Crippen LogP contribution in [0.2, 0.25) is 0 Å². The predicted molar refractivity (Wildman–Crippen MR) is 117 cm³/mol. The van der Waals surface area contributed by atoms with E-state index >= 15 is 0 Å². The van der Waals surface area contributed by atoms with Crippen molar-refractivity contribution in [2.75, 3.05) is 6.54 Å². The molecule has 8 N–H and O–H groups in total. The molecule has 34 heavy (non-hydrogen) atoms. The average Bonchev–Trinajstić information content (AvgIpc) is 3.30. The van der Waals surface area contributed by atoms with E-state index in [2.05, 4.69) is 20.6 Å². The van der Waals surface area contributed by atoms with Crippen LogP contribution in [0.25, 0.3) is 0 Å². The number of nitrogens with one attached hydrogen (secondary N) is 4. The van der Waals surface area contributed by atoms with Gasteiger partial charge < -0.3 is 36.9 Å². The number of nitrogens with zero attached hydrogens (tertiary/aromatic N) is 1. The fourth-order valence-electron chi connectivity index (χ4n) is 2.98. The average molecular weight is 474 g/mol. The Hall–Kier alpha value is -4.26. The van der Waals surface area contributed by atoms with Crippen molar-refractivity contribution in [1.29, 1.82) is 0 Å². The van der Waals surface area contributed by atoms with Gasteiger partial charge in [-0.3, -0.25) is 19.2 Å². The second-order valence-electron chi connectivity index (χ2n) is 7.41. The number of hydrogen-bond donors (Lipinski definition) is 7. The summed E-state index contributed by atoms with van der Waals surface area (Å²) in [5.74, 6) is -5.16. The van der Waals surface area contributed by atoms with Crippen molar-refractivity contribution in [3.8, 4) is 0 Å². The van der Waals surface area contributed by atoms with Gasteiger partial charge in [-0.2, -0.15) is 0 Å². The van der Waals surface area contributed by atoms with E-state index in [1.165, 1.54) is 12.5 Å². The molecule has 0 spiro atoms. The molecule has 3 atom stereocenters. The number of benzene rings is 1. The van der Waals surface area contributed by atoms with Crippen molar-refractivity contribution in [2.24, 2.45) is 5.73 Å². The maximum atomic E-state index is 12.7. The smallest absolute Gasteiger partial charge is 0.326 e. The van der Waals surface area contributed by atoms with Crippen molar-refractivity contribution < 1.29 is 34.2 Å². The normalized spacial score (nSPS) is 13.2. The third-order valence-electron chi connectivity index (χ3n) is 4.68. The number of nitrogens with two attached hydrogens (primary N) is 1. The maximum absolute atomic E-state index is 12.7. The molecule has 0 fully saturated rings. The number of carbonyl (C=O) groups excluding carboxylic acids is 3. The Morgan fingerprint density at radius 2 is 1.68 bits per heavy atom. The van der Waals surface area contributed by atoms with E-state index in [-0.39, 0.29) is 12.8 Å². The standard InChI is InChI=1S/C21H26N6O7/c22-14(6-12-4-2-1-3-5-12)19(31)27-15(7-13-9-23-11-25-13)20(32)24-10-17(28)26-16(21(33)34)8-18(29)30/h1-5,9,11,14-16H,6-8,10,22H2,(H,23,25)(H,24,32)(H,26,28)(H,27,31)(H,29,30)(H,33,34). The second kappa shape index (κ2) is 12.7. The quantitative estimate of drug-likeness (QED) is 0.173. The first kappa shape index (κ1) is 26.0. The number of hydrogen-bond acceptors (Lipinski definition) is 7. The molecule has 0 saturated carbocycles. The van der Waals surface area contributed by atoms with Gasteiger partial charge in [-0.1, -0.05) is 30.3 Å². The highest BCUT2D eigenvalue weighted by atomic mass is 16.4. The van der Waals surface area contributed by atoms with Crippen LogP contribution in [0.5, 0.6) is 0 Å². The van der Waals surface area contributed by atoms with Crippen LogP contribution in [0.4, 0.5) is 0 Å². The lowest BCUT2D eigenvalue weighted by molar-refractivity contribution is -0.147. The third-order valence-corrected chi connectivity index (χ3v) is 4.68. The van der Waals surface area contributed by atoms with Gasteiger partial charge >= 0.3 is 11.9 Å². The van der Waals surface area contributed by atoms with Crippen molar-refractivity contribution in [3.63, 3.8) is 0 Å². The number of H-pyrrole nitrogens is 1. The number of imidazole rings is 1. The molecule has 0 aliphatic heterocycles. The molecule has 0 bridgehead atoms. The minimum atomic E-state index is -1.65. The third kappa shape index (κ3) is 8.70. The van der Waals surface area contributed by atoms with Crippen LogP contribution in [-0.4, -0.2) is 74.5 Å². The fraction of sp³-hybridized carbons (Fsp3) is 0.333. The molecular weight excluding hydrogens is 448 g/mol. The molecule has 0 aliphatic carbocycles. The van der Waals surface area contributed by atoms with Gasteiger partial charge in [0.15, 0.2) is 0 Å². The monoisotopic (exact) mass is 474 g/mol. The number of rotatable bonds is 13. The number of carboxylic acid groups (broad SMARTS) is 2. The van der Waals surface area contributed by atoms with Gasteiger partial charge in [-0.25, -0.2) is 9.78 Å². The molecule has 0 radical (unpaired) electrons. The molecule has 182 valence electrons. The first-order valence-corrected chi connectivity index (χ1v) is 10.2. The lowest BCUT2D eigenvalue weighted by Gasteiger charge is -2.20. The molecular formula is C21H26N6O7. The molecule has 3 amide bonds. The maximum Gasteiger partial charge on any atom is 0.326 e. The first-order chi connectivity index (χ1) is 16.2. The van der Waals surface area contributed by atoms with Crippen LogP contribution in [-0.2, 0) is 36.8 Å². The van der Waals surface area contributed by atoms with E-state index < -0.39 is 60.8 Å². The highest BCUT2D eigenvalue weighted by Gasteiger charge is 2.27. The van der Waals surface area contributed by atoms with Crippen molar-refractivity contribution in [3.05, 3.63) is 54.1 Å². The molecule has 1 heterocycles. The summed E-state index contributed by atoms with van der Waals surface area (Å²) >= 11 is 0. The Morgan fingerprint density at radius 3 is 2.26 bits per heavy atom. The molecule has 1 aromatic heterocycles. The van der Waals surface area contributed by atoms with Crippen molar-refractivity contribution in [2.45, 2.75) is 37.4 Å². The highest BCUT2D eigenvalue weighted by molar-refractivity contribution is 5.93. The number of aromatic nitrogens is 2. The van der Waals surface area contributed by atoms with Crippen LogP contribution in [0.15, 0.2) is 42.9 Å². The summed E-state index contributed by atoms with van der Waals surface area (Å²) < 4.78 is 0. The second-order valence-corrected chi connectivity index (χ2v) is 7.41. The summed E-state index contributed by atoms with van der Waals surface area (Å²) in [6.07, 6.45) is 2.30. The highest BCUT2D eigenvalue weighted by Crippen LogP contribution is 2.04. The van der Waals surface area contributed by atoms with Crippen LogP contribution >= 0.6 is 0 Å². The Balaban J connectivity index is 1.98. The van der Waals surface area contributed by atoms with E-state index in [9.17, 15) is 24.0 Å². The Kier molecular flexibility index (Phi) is 9.71. The minimum Gasteiger partial charge on any atom is -0.481 e. The zero-order valence-corrected chi connectivity index (χ0v) is 18.1. The number of aromatic amines is 1. The van der Waals surface area contributed by atoms with Crippen LogP contribution in [0.1, 0.15) is 17.7 Å². The van der Waals surface area contributed by atoms with Crippen LogP contribution in [0, 0.1) is 0 Å². The van der Waals surface area contributed by atoms with E-state index in [1.54, 1.807) is 0 Å². The summed E-state index contributed by atoms with van der Waals surface area (Å²) in [5, 5.41) is 24.6. The summed E-state index contributed by atoms with van der Waals surface area (Å²) in [4.78, 5) is 65.8. The SMILES string of the molecule is NC(Cc1ccccc1)C(=O)NC(Cc1cnc[nH]1)C(=O)NCC(=O)NC(CC(=O)O)C(=O)O. The number of amides is 3. The molecule has 13 heteroatoms. The van der Waals surface area contributed by atoms with Gasteiger partial charge in [0, 0.05) is 18.3 Å². The molecule has 2 rings (SSSR count). The summed E-state index contributed by atoms with van der Waals surface area (Å²) in [5.41, 5.74) is 7.36. The van der Waals surface area contributed by atoms with Crippen LogP contribution < -0.4 is 21.7 Å². The molecule has 1 aromatic carbocycles. The number of carbonyl (C=O) groups is 5. The molecule has 0 aliphatic rings. The Morgan fingerprint density at radius 1 is 0.971 bits per heavy atom. The van der Waals surface area contributed by atoms with Crippen molar-refractivity contribution >= 4 is 29.7 Å². The lowest BCUT2D eigenvalue weighted by Crippen LogP contribution is -2.54. The molecule has 2 aromatic rings. The largest absolute Gasteiger partial charge is 0.481 e. The first-order valence-electron chi connectivity index (χ1n) is 10.2. The number of carboxylic acids is 2. The fourth-order valence-corrected chi connectivity index (χ4v) is 2.98. The van der Waals surface area contributed by atoms with E-state index in [0.717, 1.165) is 5.56 Å². The summed E-state index contributed by atoms with van der Waals surface area (Å²) in [6.45, 7) is -0.631. The van der Waals surface area contributed by atoms with E-state index in [4.69, 9.17) is 15.9 Å². The Labute approximate surface area is 194 Å². The molecule has 13 nitrogen and oxygen atoms in total. The predicted octanol–water partition coefficient (Wildman–Crippen LogP) is -1.83. The van der Waals surface area contributed by atoms with Crippen molar-refractivity contribution in [1.82, 2.24) is 25.9 Å².